The van der Waals surface area contributed by atoms with Gasteiger partial charge in [0.1, 0.15) is 0 Å². The van der Waals surface area contributed by atoms with Crippen molar-refractivity contribution in [2.45, 2.75) is 25.6 Å². The lowest BCUT2D eigenvalue weighted by Crippen LogP contribution is -2.56. The molecule has 1 aliphatic heterocycles. The molecule has 1 fully saturated rings. The molecule has 1 radical (unpaired) electrons. The van der Waals surface area contributed by atoms with E-state index in [1.165, 1.54) is 4.90 Å². The molecule has 0 aromatic carbocycles. The third kappa shape index (κ3) is 3.17. The summed E-state index contributed by atoms with van der Waals surface area (Å²) in [5, 5.41) is 2.79. The molecule has 3 nitrogen and oxygen atoms in total. The monoisotopic (exact) mass is 223 g/mol. The summed E-state index contributed by atoms with van der Waals surface area (Å²) in [6.45, 7) is 4.60. The van der Waals surface area contributed by atoms with Gasteiger partial charge in [-0.3, -0.25) is 9.69 Å². The fraction of sp³-hybridized carbons (Fsp3) is 0.778. The number of hydrogen-bond acceptors (Lipinski definition) is 3. The van der Waals surface area contributed by atoms with E-state index in [0.717, 1.165) is 0 Å². The van der Waals surface area contributed by atoms with Crippen molar-refractivity contribution in [3.8, 4) is 0 Å². The van der Waals surface area contributed by atoms with E-state index in [9.17, 15) is 18.0 Å². The predicted octanol–water partition coefficient (Wildman–Crippen LogP) is 0.963. The summed E-state index contributed by atoms with van der Waals surface area (Å²) < 4.78 is 36.7. The van der Waals surface area contributed by atoms with Gasteiger partial charge in [0.15, 0.2) is 0 Å². The van der Waals surface area contributed by atoms with Crippen LogP contribution in [0.1, 0.15) is 13.3 Å². The van der Waals surface area contributed by atoms with Crippen molar-refractivity contribution in [2.75, 3.05) is 19.6 Å². The van der Waals surface area contributed by atoms with Gasteiger partial charge in [-0.25, -0.2) is 0 Å². The third-order valence-corrected chi connectivity index (χ3v) is 2.28. The van der Waals surface area contributed by atoms with Crippen LogP contribution in [0.2, 0.25) is 0 Å². The van der Waals surface area contributed by atoms with Gasteiger partial charge < -0.3 is 5.32 Å². The van der Waals surface area contributed by atoms with E-state index in [4.69, 9.17) is 0 Å². The van der Waals surface area contributed by atoms with Gasteiger partial charge in [-0.1, -0.05) is 6.92 Å². The third-order valence-electron chi connectivity index (χ3n) is 2.28. The van der Waals surface area contributed by atoms with E-state index < -0.39 is 18.0 Å². The van der Waals surface area contributed by atoms with Crippen LogP contribution in [-0.2, 0) is 4.79 Å². The van der Waals surface area contributed by atoms with Gasteiger partial charge >= 0.3 is 6.18 Å². The van der Waals surface area contributed by atoms with Crippen LogP contribution in [0.5, 0.6) is 0 Å². The quantitative estimate of drug-likeness (QED) is 0.773. The molecule has 0 aromatic heterocycles. The van der Waals surface area contributed by atoms with Gasteiger partial charge in [-0.05, 0) is 6.42 Å². The Morgan fingerprint density at radius 1 is 1.60 bits per heavy atom. The van der Waals surface area contributed by atoms with E-state index >= 15 is 0 Å². The summed E-state index contributed by atoms with van der Waals surface area (Å²) in [7, 11) is 0. The molecule has 0 saturated carbocycles. The molecule has 1 saturated heterocycles. The highest BCUT2D eigenvalue weighted by Crippen LogP contribution is 2.22. The highest BCUT2D eigenvalue weighted by Gasteiger charge is 2.45. The molecule has 1 N–H and O–H groups in total. The highest BCUT2D eigenvalue weighted by atomic mass is 19.4. The number of nitrogens with zero attached hydrogens (tertiary/aromatic N) is 1. The lowest BCUT2D eigenvalue weighted by molar-refractivity contribution is -0.176. The van der Waals surface area contributed by atoms with Crippen molar-refractivity contribution in [2.24, 2.45) is 0 Å². The molecule has 1 rings (SSSR count). The Morgan fingerprint density at radius 3 is 2.80 bits per heavy atom. The Kier molecular flexibility index (Phi) is 4.10. The van der Waals surface area contributed by atoms with E-state index in [-0.39, 0.29) is 6.54 Å². The minimum Gasteiger partial charge on any atom is -0.313 e. The first-order chi connectivity index (χ1) is 6.96. The van der Waals surface area contributed by atoms with E-state index in [2.05, 4.69) is 5.32 Å². The lowest BCUT2D eigenvalue weighted by Gasteiger charge is -2.34. The number of Topliss-reactive ketones (excluding diaryl/α,β-unsaturated/α-hetero) is 1. The Morgan fingerprint density at radius 2 is 2.27 bits per heavy atom. The molecule has 6 heteroatoms. The molecule has 1 unspecified atom stereocenters. The zero-order valence-electron chi connectivity index (χ0n) is 8.47. The van der Waals surface area contributed by atoms with E-state index in [1.807, 2.05) is 6.92 Å². The van der Waals surface area contributed by atoms with Crippen molar-refractivity contribution < 1.29 is 18.0 Å². The van der Waals surface area contributed by atoms with Crippen molar-refractivity contribution >= 4 is 5.78 Å². The van der Waals surface area contributed by atoms with Gasteiger partial charge in [-0.2, -0.15) is 13.2 Å². The number of ketones is 1. The van der Waals surface area contributed by atoms with Gasteiger partial charge in [0.25, 0.3) is 5.78 Å². The van der Waals surface area contributed by atoms with E-state index in [0.29, 0.717) is 19.5 Å². The minimum absolute atomic E-state index is 0.0643. The molecule has 0 aromatic rings. The second kappa shape index (κ2) is 4.94. The molecule has 1 atom stereocenters. The maximum Gasteiger partial charge on any atom is 0.451 e. The molecular formula is C9H14F3N2O. The first kappa shape index (κ1) is 12.4. The van der Waals surface area contributed by atoms with Crippen molar-refractivity contribution in [3.63, 3.8) is 0 Å². The van der Waals surface area contributed by atoms with E-state index in [1.54, 1.807) is 6.54 Å². The number of carbonyl (C=O) groups is 1. The molecule has 87 valence electrons. The molecule has 0 aliphatic carbocycles. The number of piperazine rings is 1. The summed E-state index contributed by atoms with van der Waals surface area (Å²) in [5.74, 6) is -1.67. The summed E-state index contributed by atoms with van der Waals surface area (Å²) in [6, 6.07) is -1.10. The zero-order valence-corrected chi connectivity index (χ0v) is 8.47. The Labute approximate surface area is 86.6 Å². The van der Waals surface area contributed by atoms with Gasteiger partial charge in [0, 0.05) is 26.2 Å². The van der Waals surface area contributed by atoms with Crippen LogP contribution in [0, 0.1) is 6.54 Å². The molecule has 0 bridgehead atoms. The SMILES string of the molecule is CC[CH]N1CCNCC1C(=O)C(F)(F)F. The summed E-state index contributed by atoms with van der Waals surface area (Å²) >= 11 is 0. The normalized spacial score (nSPS) is 24.1. The van der Waals surface area contributed by atoms with Crippen LogP contribution in [0.3, 0.4) is 0 Å². The summed E-state index contributed by atoms with van der Waals surface area (Å²) in [4.78, 5) is 12.6. The van der Waals surface area contributed by atoms with Crippen LogP contribution >= 0.6 is 0 Å². The molecule has 1 aliphatic rings. The van der Waals surface area contributed by atoms with Crippen LogP contribution in [0.4, 0.5) is 13.2 Å². The molecule has 1 heterocycles. The number of alkyl halides is 3. The molecule has 0 amide bonds. The molecule has 15 heavy (non-hydrogen) atoms. The maximum atomic E-state index is 12.2. The van der Waals surface area contributed by atoms with Crippen LogP contribution in [0.25, 0.3) is 0 Å². The first-order valence-corrected chi connectivity index (χ1v) is 4.87. The second-order valence-electron chi connectivity index (χ2n) is 3.41. The Bertz CT molecular complexity index is 228. The first-order valence-electron chi connectivity index (χ1n) is 4.87. The topological polar surface area (TPSA) is 32.3 Å². The average molecular weight is 223 g/mol. The van der Waals surface area contributed by atoms with Crippen LogP contribution < -0.4 is 5.32 Å². The Hall–Kier alpha value is -0.620. The maximum absolute atomic E-state index is 12.2. The molecule has 0 spiro atoms. The number of rotatable bonds is 3. The van der Waals surface area contributed by atoms with Gasteiger partial charge in [-0.15, -0.1) is 0 Å². The number of nitrogens with one attached hydrogen (secondary N) is 1. The average Bonchev–Trinajstić information content (AvgIpc) is 2.17. The van der Waals surface area contributed by atoms with Crippen molar-refractivity contribution in [3.05, 3.63) is 6.54 Å². The fourth-order valence-corrected chi connectivity index (χ4v) is 1.61. The lowest BCUT2D eigenvalue weighted by atomic mass is 10.1. The summed E-state index contributed by atoms with van der Waals surface area (Å²) in [6.07, 6.45) is -4.12. The number of halogens is 3. The highest BCUT2D eigenvalue weighted by molar-refractivity contribution is 5.89. The minimum atomic E-state index is -4.75. The summed E-state index contributed by atoms with van der Waals surface area (Å²) in [5.41, 5.74) is 0. The standard InChI is InChI=1S/C9H14F3N2O/c1-2-4-14-5-3-13-6-7(14)8(15)9(10,11)12/h4,7,13H,2-3,5-6H2,1H3. The van der Waals surface area contributed by atoms with Crippen molar-refractivity contribution in [1.29, 1.82) is 0 Å². The predicted molar refractivity (Wildman–Crippen MR) is 49.0 cm³/mol. The zero-order chi connectivity index (χ0) is 11.5. The second-order valence-corrected chi connectivity index (χ2v) is 3.41. The largest absolute Gasteiger partial charge is 0.451 e. The van der Waals surface area contributed by atoms with Gasteiger partial charge in [0.05, 0.1) is 6.04 Å². The fourth-order valence-electron chi connectivity index (χ4n) is 1.61. The molecular weight excluding hydrogens is 209 g/mol. The van der Waals surface area contributed by atoms with Crippen LogP contribution in [0.15, 0.2) is 0 Å². The Balaban J connectivity index is 2.67. The number of hydrogen-bond donors (Lipinski definition) is 1. The number of carbonyl (C=O) groups excluding carboxylic acids is 1. The van der Waals surface area contributed by atoms with Gasteiger partial charge in [0.2, 0.25) is 0 Å². The smallest absolute Gasteiger partial charge is 0.313 e. The van der Waals surface area contributed by atoms with Crippen LogP contribution in [-0.4, -0.2) is 42.5 Å². The van der Waals surface area contributed by atoms with Crippen molar-refractivity contribution in [1.82, 2.24) is 10.2 Å².